The number of carbonyl (C=O) groups excluding carboxylic acids is 1. The van der Waals surface area contributed by atoms with Gasteiger partial charge in [-0.25, -0.2) is 4.39 Å². The molecule has 0 heterocycles. The van der Waals surface area contributed by atoms with Gasteiger partial charge >= 0.3 is 0 Å². The van der Waals surface area contributed by atoms with Crippen LogP contribution in [0.4, 0.5) is 4.39 Å². The van der Waals surface area contributed by atoms with E-state index in [2.05, 4.69) is 0 Å². The van der Waals surface area contributed by atoms with Crippen molar-refractivity contribution in [3.63, 3.8) is 0 Å². The highest BCUT2D eigenvalue weighted by atomic mass is 19.1. The number of halogens is 1. The van der Waals surface area contributed by atoms with Crippen LogP contribution in [0, 0.1) is 19.7 Å². The van der Waals surface area contributed by atoms with Crippen molar-refractivity contribution in [2.75, 3.05) is 7.11 Å². The molecule has 0 unspecified atom stereocenters. The Bertz CT molecular complexity index is 642. The van der Waals surface area contributed by atoms with Crippen molar-refractivity contribution in [1.82, 2.24) is 0 Å². The topological polar surface area (TPSA) is 35.5 Å². The Morgan fingerprint density at radius 1 is 1.14 bits per heavy atom. The Morgan fingerprint density at radius 3 is 2.33 bits per heavy atom. The monoisotopic (exact) mass is 288 g/mol. The van der Waals surface area contributed by atoms with Crippen LogP contribution in [0.5, 0.6) is 11.5 Å². The summed E-state index contributed by atoms with van der Waals surface area (Å²) >= 11 is 0. The predicted molar refractivity (Wildman–Crippen MR) is 78.6 cm³/mol. The first kappa shape index (κ1) is 15.0. The maximum absolute atomic E-state index is 13.6. The number of aldehydes is 1. The van der Waals surface area contributed by atoms with Crippen LogP contribution in [0.15, 0.2) is 30.3 Å². The molecule has 2 aromatic rings. The van der Waals surface area contributed by atoms with Crippen molar-refractivity contribution in [2.45, 2.75) is 20.5 Å². The highest BCUT2D eigenvalue weighted by Crippen LogP contribution is 2.26. The molecule has 0 aliphatic carbocycles. The molecule has 0 aromatic heterocycles. The predicted octanol–water partition coefficient (Wildman–Crippen LogP) is 3.84. The molecule has 0 spiro atoms. The van der Waals surface area contributed by atoms with Crippen molar-refractivity contribution >= 4 is 6.29 Å². The van der Waals surface area contributed by atoms with E-state index in [1.165, 1.54) is 13.2 Å². The third-order valence-corrected chi connectivity index (χ3v) is 3.22. The van der Waals surface area contributed by atoms with E-state index in [9.17, 15) is 9.18 Å². The Labute approximate surface area is 123 Å². The molecule has 3 nitrogen and oxygen atoms in total. The SMILES string of the molecule is COc1ccc(COc2c(C)cc(C=O)cc2C)cc1F. The molecule has 0 saturated heterocycles. The molecule has 0 N–H and O–H groups in total. The molecule has 0 aliphatic heterocycles. The lowest BCUT2D eigenvalue weighted by molar-refractivity contribution is 0.112. The van der Waals surface area contributed by atoms with Crippen molar-refractivity contribution in [2.24, 2.45) is 0 Å². The second-order valence-electron chi connectivity index (χ2n) is 4.86. The molecule has 0 fully saturated rings. The van der Waals surface area contributed by atoms with Gasteiger partial charge in [0.05, 0.1) is 7.11 Å². The second-order valence-corrected chi connectivity index (χ2v) is 4.86. The number of hydrogen-bond acceptors (Lipinski definition) is 3. The van der Waals surface area contributed by atoms with E-state index < -0.39 is 5.82 Å². The normalized spacial score (nSPS) is 10.3. The zero-order valence-corrected chi connectivity index (χ0v) is 12.3. The molecular formula is C17H17FO3. The van der Waals surface area contributed by atoms with E-state index >= 15 is 0 Å². The van der Waals surface area contributed by atoms with Crippen LogP contribution in [-0.2, 0) is 6.61 Å². The number of methoxy groups -OCH3 is 1. The maximum Gasteiger partial charge on any atom is 0.165 e. The Hall–Kier alpha value is -2.36. The molecule has 0 saturated carbocycles. The average molecular weight is 288 g/mol. The zero-order chi connectivity index (χ0) is 15.4. The minimum absolute atomic E-state index is 0.210. The number of rotatable bonds is 5. The van der Waals surface area contributed by atoms with E-state index in [4.69, 9.17) is 9.47 Å². The molecular weight excluding hydrogens is 271 g/mol. The molecule has 0 atom stereocenters. The summed E-state index contributed by atoms with van der Waals surface area (Å²) < 4.78 is 24.2. The standard InChI is InChI=1S/C17H17FO3/c1-11-6-14(9-19)7-12(2)17(11)21-10-13-4-5-16(20-3)15(18)8-13/h4-9H,10H2,1-3H3. The van der Waals surface area contributed by atoms with Gasteiger partial charge in [0.1, 0.15) is 18.6 Å². The van der Waals surface area contributed by atoms with Crippen LogP contribution in [0.1, 0.15) is 27.0 Å². The van der Waals surface area contributed by atoms with Gasteiger partial charge in [-0.15, -0.1) is 0 Å². The lowest BCUT2D eigenvalue weighted by Crippen LogP contribution is -2.01. The first-order valence-electron chi connectivity index (χ1n) is 6.56. The van der Waals surface area contributed by atoms with Crippen molar-refractivity contribution in [3.05, 3.63) is 58.4 Å². The number of hydrogen-bond donors (Lipinski definition) is 0. The summed E-state index contributed by atoms with van der Waals surface area (Å²) in [6.45, 7) is 4.01. The average Bonchev–Trinajstić information content (AvgIpc) is 2.46. The first-order valence-corrected chi connectivity index (χ1v) is 6.56. The quantitative estimate of drug-likeness (QED) is 0.784. The van der Waals surface area contributed by atoms with Crippen LogP contribution >= 0.6 is 0 Å². The fraction of sp³-hybridized carbons (Fsp3) is 0.235. The molecule has 2 aromatic carbocycles. The van der Waals surface area contributed by atoms with Gasteiger partial charge in [0.2, 0.25) is 0 Å². The number of benzene rings is 2. The van der Waals surface area contributed by atoms with Crippen molar-refractivity contribution in [1.29, 1.82) is 0 Å². The van der Waals surface area contributed by atoms with Crippen molar-refractivity contribution in [3.8, 4) is 11.5 Å². The third-order valence-electron chi connectivity index (χ3n) is 3.22. The Morgan fingerprint density at radius 2 is 1.81 bits per heavy atom. The summed E-state index contributed by atoms with van der Waals surface area (Å²) in [6.07, 6.45) is 0.808. The zero-order valence-electron chi connectivity index (χ0n) is 12.3. The molecule has 2 rings (SSSR count). The van der Waals surface area contributed by atoms with Crippen LogP contribution in [-0.4, -0.2) is 13.4 Å². The summed E-state index contributed by atoms with van der Waals surface area (Å²) in [5, 5.41) is 0. The summed E-state index contributed by atoms with van der Waals surface area (Å²) in [5.74, 6) is 0.515. The Balaban J connectivity index is 2.16. The molecule has 0 aliphatic rings. The van der Waals surface area contributed by atoms with Gasteiger partial charge in [-0.05, 0) is 54.8 Å². The second kappa shape index (κ2) is 6.39. The summed E-state index contributed by atoms with van der Waals surface area (Å²) in [4.78, 5) is 10.8. The summed E-state index contributed by atoms with van der Waals surface area (Å²) in [6, 6.07) is 8.26. The van der Waals surface area contributed by atoms with E-state index in [-0.39, 0.29) is 12.4 Å². The fourth-order valence-corrected chi connectivity index (χ4v) is 2.23. The lowest BCUT2D eigenvalue weighted by atomic mass is 10.1. The van der Waals surface area contributed by atoms with E-state index in [1.807, 2.05) is 13.8 Å². The highest BCUT2D eigenvalue weighted by molar-refractivity contribution is 5.76. The molecule has 0 amide bonds. The largest absolute Gasteiger partial charge is 0.494 e. The van der Waals surface area contributed by atoms with Gasteiger partial charge in [0, 0.05) is 5.56 Å². The first-order chi connectivity index (χ1) is 10.0. The van der Waals surface area contributed by atoms with Gasteiger partial charge in [-0.2, -0.15) is 0 Å². The third kappa shape index (κ3) is 3.40. The van der Waals surface area contributed by atoms with Crippen LogP contribution in [0.25, 0.3) is 0 Å². The van der Waals surface area contributed by atoms with Gasteiger partial charge in [0.15, 0.2) is 11.6 Å². The van der Waals surface area contributed by atoms with Crippen LogP contribution < -0.4 is 9.47 Å². The molecule has 0 bridgehead atoms. The van der Waals surface area contributed by atoms with E-state index in [1.54, 1.807) is 24.3 Å². The van der Waals surface area contributed by atoms with Gasteiger partial charge in [0.25, 0.3) is 0 Å². The number of aryl methyl sites for hydroxylation is 2. The van der Waals surface area contributed by atoms with E-state index in [0.717, 1.165) is 23.2 Å². The molecule has 110 valence electrons. The lowest BCUT2D eigenvalue weighted by Gasteiger charge is -2.13. The van der Waals surface area contributed by atoms with E-state index in [0.29, 0.717) is 11.1 Å². The minimum atomic E-state index is -0.414. The molecule has 21 heavy (non-hydrogen) atoms. The minimum Gasteiger partial charge on any atom is -0.494 e. The van der Waals surface area contributed by atoms with Crippen LogP contribution in [0.2, 0.25) is 0 Å². The molecule has 4 heteroatoms. The Kier molecular flexibility index (Phi) is 4.58. The van der Waals surface area contributed by atoms with Gasteiger partial charge in [-0.1, -0.05) is 6.07 Å². The fourth-order valence-electron chi connectivity index (χ4n) is 2.23. The summed E-state index contributed by atoms with van der Waals surface area (Å²) in [5.41, 5.74) is 3.09. The highest BCUT2D eigenvalue weighted by Gasteiger charge is 2.08. The van der Waals surface area contributed by atoms with Crippen LogP contribution in [0.3, 0.4) is 0 Å². The van der Waals surface area contributed by atoms with Gasteiger partial charge in [-0.3, -0.25) is 4.79 Å². The summed E-state index contributed by atoms with van der Waals surface area (Å²) in [7, 11) is 1.43. The van der Waals surface area contributed by atoms with Crippen molar-refractivity contribution < 1.29 is 18.7 Å². The number of ether oxygens (including phenoxy) is 2. The molecule has 0 radical (unpaired) electrons. The maximum atomic E-state index is 13.6. The van der Waals surface area contributed by atoms with Gasteiger partial charge < -0.3 is 9.47 Å². The number of carbonyl (C=O) groups is 1. The smallest absolute Gasteiger partial charge is 0.165 e.